The fourth-order valence-electron chi connectivity index (χ4n) is 3.14. The van der Waals surface area contributed by atoms with Gasteiger partial charge in [-0.2, -0.15) is 0 Å². The zero-order chi connectivity index (χ0) is 18.0. The van der Waals surface area contributed by atoms with Crippen LogP contribution in [0.25, 0.3) is 0 Å². The number of aryl methyl sites for hydroxylation is 1. The molecule has 3 rings (SSSR count). The van der Waals surface area contributed by atoms with E-state index in [0.717, 1.165) is 29.5 Å². The van der Waals surface area contributed by atoms with Gasteiger partial charge in [-0.1, -0.05) is 29.8 Å². The molecular formula is C18H18ClNO4S. The normalized spacial score (nSPS) is 16.6. The van der Waals surface area contributed by atoms with Crippen molar-refractivity contribution in [1.82, 2.24) is 4.72 Å². The fourth-order valence-corrected chi connectivity index (χ4v) is 4.35. The van der Waals surface area contributed by atoms with Crippen molar-refractivity contribution in [3.63, 3.8) is 0 Å². The van der Waals surface area contributed by atoms with Gasteiger partial charge in [-0.3, -0.25) is 4.79 Å². The minimum absolute atomic E-state index is 0.0312. The lowest BCUT2D eigenvalue weighted by atomic mass is 9.98. The molecule has 0 heterocycles. The number of carboxylic acid groups (broad SMARTS) is 1. The summed E-state index contributed by atoms with van der Waals surface area (Å²) in [6.07, 6.45) is 1.68. The van der Waals surface area contributed by atoms with Gasteiger partial charge in [0.1, 0.15) is 0 Å². The highest BCUT2D eigenvalue weighted by Gasteiger charge is 2.25. The molecule has 132 valence electrons. The predicted molar refractivity (Wildman–Crippen MR) is 95.5 cm³/mol. The third-order valence-corrected chi connectivity index (χ3v) is 6.10. The molecule has 2 aromatic carbocycles. The van der Waals surface area contributed by atoms with Crippen molar-refractivity contribution in [2.45, 2.75) is 30.1 Å². The van der Waals surface area contributed by atoms with Gasteiger partial charge in [0.05, 0.1) is 11.3 Å². The monoisotopic (exact) mass is 379 g/mol. The van der Waals surface area contributed by atoms with E-state index in [0.29, 0.717) is 5.02 Å². The largest absolute Gasteiger partial charge is 0.481 e. The van der Waals surface area contributed by atoms with Crippen molar-refractivity contribution >= 4 is 27.6 Å². The van der Waals surface area contributed by atoms with Crippen molar-refractivity contribution in [1.29, 1.82) is 0 Å². The van der Waals surface area contributed by atoms with Crippen LogP contribution in [0.3, 0.4) is 0 Å². The van der Waals surface area contributed by atoms with Crippen LogP contribution in [0.2, 0.25) is 5.02 Å². The summed E-state index contributed by atoms with van der Waals surface area (Å²) < 4.78 is 27.4. The highest BCUT2D eigenvalue weighted by molar-refractivity contribution is 7.89. The maximum atomic E-state index is 12.4. The number of carboxylic acids is 1. The summed E-state index contributed by atoms with van der Waals surface area (Å²) in [5.74, 6) is -0.830. The van der Waals surface area contributed by atoms with Crippen molar-refractivity contribution in [2.24, 2.45) is 0 Å². The lowest BCUT2D eigenvalue weighted by Gasteiger charge is -2.14. The predicted octanol–water partition coefficient (Wildman–Crippen LogP) is 2.98. The molecule has 25 heavy (non-hydrogen) atoms. The third-order valence-electron chi connectivity index (χ3n) is 4.41. The van der Waals surface area contributed by atoms with Crippen LogP contribution in [0.5, 0.6) is 0 Å². The third kappa shape index (κ3) is 4.21. The quantitative estimate of drug-likeness (QED) is 0.808. The molecule has 0 amide bonds. The minimum Gasteiger partial charge on any atom is -0.481 e. The molecule has 0 fully saturated rings. The van der Waals surface area contributed by atoms with Crippen LogP contribution in [-0.2, 0) is 27.7 Å². The molecule has 1 aliphatic rings. The van der Waals surface area contributed by atoms with Crippen LogP contribution >= 0.6 is 11.6 Å². The van der Waals surface area contributed by atoms with Crippen molar-refractivity contribution < 1.29 is 18.3 Å². The second kappa shape index (κ2) is 7.15. The molecule has 1 aliphatic carbocycles. The number of benzene rings is 2. The Kier molecular flexibility index (Phi) is 5.13. The Balaban J connectivity index is 1.73. The van der Waals surface area contributed by atoms with E-state index in [1.165, 1.54) is 12.1 Å². The zero-order valence-corrected chi connectivity index (χ0v) is 15.0. The minimum atomic E-state index is -3.60. The Morgan fingerprint density at radius 1 is 1.20 bits per heavy atom. The van der Waals surface area contributed by atoms with Crippen LogP contribution < -0.4 is 4.72 Å². The fraction of sp³-hybridized carbons (Fsp3) is 0.278. The summed E-state index contributed by atoms with van der Waals surface area (Å²) in [5.41, 5.74) is 2.93. The van der Waals surface area contributed by atoms with E-state index in [1.807, 2.05) is 18.2 Å². The highest BCUT2D eigenvalue weighted by Crippen LogP contribution is 2.33. The molecule has 0 bridgehead atoms. The number of carbonyl (C=O) groups is 1. The van der Waals surface area contributed by atoms with Gasteiger partial charge in [-0.05, 0) is 59.7 Å². The van der Waals surface area contributed by atoms with Crippen molar-refractivity contribution in [3.05, 3.63) is 64.2 Å². The topological polar surface area (TPSA) is 83.5 Å². The Labute approximate surface area is 151 Å². The number of hydrogen-bond donors (Lipinski definition) is 2. The molecule has 2 aromatic rings. The first-order valence-electron chi connectivity index (χ1n) is 7.94. The first kappa shape index (κ1) is 17.9. The van der Waals surface area contributed by atoms with E-state index in [9.17, 15) is 13.2 Å². The lowest BCUT2D eigenvalue weighted by Crippen LogP contribution is -2.28. The number of nitrogens with one attached hydrogen (secondary N) is 1. The maximum absolute atomic E-state index is 12.4. The van der Waals surface area contributed by atoms with Gasteiger partial charge in [-0.15, -0.1) is 0 Å². The smallest absolute Gasteiger partial charge is 0.307 e. The molecule has 1 atom stereocenters. The Bertz CT molecular complexity index is 894. The molecule has 5 nitrogen and oxygen atoms in total. The number of aliphatic carboxylic acids is 1. The Morgan fingerprint density at radius 3 is 2.60 bits per heavy atom. The number of halogens is 1. The molecule has 0 aliphatic heterocycles. The number of sulfonamides is 1. The van der Waals surface area contributed by atoms with Gasteiger partial charge in [-0.25, -0.2) is 13.1 Å². The van der Waals surface area contributed by atoms with E-state index in [2.05, 4.69) is 4.72 Å². The lowest BCUT2D eigenvalue weighted by molar-refractivity contribution is -0.136. The van der Waals surface area contributed by atoms with Gasteiger partial charge in [0.15, 0.2) is 0 Å². The van der Waals surface area contributed by atoms with Gasteiger partial charge in [0, 0.05) is 11.6 Å². The summed E-state index contributed by atoms with van der Waals surface area (Å²) in [4.78, 5) is 11.1. The van der Waals surface area contributed by atoms with Gasteiger partial charge in [0.25, 0.3) is 0 Å². The van der Waals surface area contributed by atoms with Gasteiger partial charge < -0.3 is 5.11 Å². The molecule has 2 N–H and O–H groups in total. The van der Waals surface area contributed by atoms with E-state index in [-0.39, 0.29) is 23.8 Å². The molecule has 0 saturated heterocycles. The summed E-state index contributed by atoms with van der Waals surface area (Å²) >= 11 is 5.79. The van der Waals surface area contributed by atoms with Crippen LogP contribution in [0.15, 0.2) is 47.4 Å². The molecule has 1 unspecified atom stereocenters. The zero-order valence-electron chi connectivity index (χ0n) is 13.4. The van der Waals surface area contributed by atoms with Crippen LogP contribution in [-0.4, -0.2) is 26.0 Å². The number of fused-ring (bicyclic) bond motifs is 1. The molecule has 0 spiro atoms. The van der Waals surface area contributed by atoms with Gasteiger partial charge in [0.2, 0.25) is 10.0 Å². The molecule has 0 radical (unpaired) electrons. The maximum Gasteiger partial charge on any atom is 0.307 e. The molecular weight excluding hydrogens is 362 g/mol. The average Bonchev–Trinajstić information content (AvgIpc) is 2.95. The first-order chi connectivity index (χ1) is 11.8. The Morgan fingerprint density at radius 2 is 1.92 bits per heavy atom. The average molecular weight is 380 g/mol. The van der Waals surface area contributed by atoms with E-state index >= 15 is 0 Å². The Hall–Kier alpha value is -1.89. The molecule has 0 aromatic heterocycles. The van der Waals surface area contributed by atoms with Crippen LogP contribution in [0.1, 0.15) is 29.0 Å². The SMILES string of the molecule is O=C(O)Cc1ccc2c(c1)C(CNS(=O)(=O)c1ccc(Cl)cc1)CC2. The number of rotatable bonds is 6. The summed E-state index contributed by atoms with van der Waals surface area (Å²) in [6, 6.07) is 11.7. The van der Waals surface area contributed by atoms with Crippen molar-refractivity contribution in [3.8, 4) is 0 Å². The summed E-state index contributed by atoms with van der Waals surface area (Å²) in [7, 11) is -3.60. The van der Waals surface area contributed by atoms with Gasteiger partial charge >= 0.3 is 5.97 Å². The van der Waals surface area contributed by atoms with E-state index in [1.54, 1.807) is 12.1 Å². The van der Waals surface area contributed by atoms with Crippen LogP contribution in [0.4, 0.5) is 0 Å². The van der Waals surface area contributed by atoms with Crippen molar-refractivity contribution in [2.75, 3.05) is 6.54 Å². The first-order valence-corrected chi connectivity index (χ1v) is 9.80. The summed E-state index contributed by atoms with van der Waals surface area (Å²) in [5, 5.41) is 9.42. The summed E-state index contributed by atoms with van der Waals surface area (Å²) in [6.45, 7) is 0.286. The number of hydrogen-bond acceptors (Lipinski definition) is 3. The second-order valence-corrected chi connectivity index (χ2v) is 8.35. The van der Waals surface area contributed by atoms with E-state index in [4.69, 9.17) is 16.7 Å². The standard InChI is InChI=1S/C18H18ClNO4S/c19-15-5-7-16(8-6-15)25(23,24)20-11-14-4-3-13-2-1-12(9-17(13)14)10-18(21)22/h1-2,5-9,14,20H,3-4,10-11H2,(H,21,22). The van der Waals surface area contributed by atoms with E-state index < -0.39 is 16.0 Å². The van der Waals surface area contributed by atoms with Crippen LogP contribution in [0, 0.1) is 0 Å². The molecule has 0 saturated carbocycles. The molecule has 7 heteroatoms. The highest BCUT2D eigenvalue weighted by atomic mass is 35.5. The second-order valence-electron chi connectivity index (χ2n) is 6.15.